The molecule has 19 heavy (non-hydrogen) atoms. The fourth-order valence-corrected chi connectivity index (χ4v) is 1.60. The van der Waals surface area contributed by atoms with Crippen molar-refractivity contribution in [1.29, 1.82) is 0 Å². The average Bonchev–Trinajstić information content (AvgIpc) is 2.43. The lowest BCUT2D eigenvalue weighted by Crippen LogP contribution is -2.10. The molecular formula is C13H16N2O4. The van der Waals surface area contributed by atoms with E-state index in [1.54, 1.807) is 25.3 Å². The van der Waals surface area contributed by atoms with E-state index >= 15 is 0 Å². The number of rotatable bonds is 7. The fourth-order valence-electron chi connectivity index (χ4n) is 1.60. The summed E-state index contributed by atoms with van der Waals surface area (Å²) >= 11 is 0. The predicted molar refractivity (Wildman–Crippen MR) is 70.6 cm³/mol. The maximum atomic E-state index is 11.5. The maximum Gasteiger partial charge on any atom is 0.258 e. The molecular weight excluding hydrogens is 248 g/mol. The number of aromatic amines is 1. The van der Waals surface area contributed by atoms with E-state index < -0.39 is 0 Å². The molecule has 0 atom stereocenters. The molecule has 0 aliphatic heterocycles. The third-order valence-electron chi connectivity index (χ3n) is 2.54. The summed E-state index contributed by atoms with van der Waals surface area (Å²) in [7, 11) is 1.63. The molecule has 1 aromatic carbocycles. The van der Waals surface area contributed by atoms with Crippen LogP contribution in [0.25, 0.3) is 10.9 Å². The van der Waals surface area contributed by atoms with E-state index in [0.29, 0.717) is 43.1 Å². The highest BCUT2D eigenvalue weighted by atomic mass is 16.5. The zero-order chi connectivity index (χ0) is 13.5. The minimum absolute atomic E-state index is 0.153. The molecule has 0 unspecified atom stereocenters. The van der Waals surface area contributed by atoms with E-state index in [0.717, 1.165) is 0 Å². The first-order valence-corrected chi connectivity index (χ1v) is 5.98. The number of hydrogen-bond donors (Lipinski definition) is 1. The molecule has 6 nitrogen and oxygen atoms in total. The Balaban J connectivity index is 1.89. The number of fused-ring (bicyclic) bond motifs is 1. The van der Waals surface area contributed by atoms with Crippen LogP contribution >= 0.6 is 0 Å². The Morgan fingerprint density at radius 2 is 2.05 bits per heavy atom. The summed E-state index contributed by atoms with van der Waals surface area (Å²) in [6, 6.07) is 5.18. The second kappa shape index (κ2) is 6.86. The van der Waals surface area contributed by atoms with Crippen molar-refractivity contribution >= 4 is 10.9 Å². The van der Waals surface area contributed by atoms with Crippen molar-refractivity contribution < 1.29 is 14.2 Å². The molecule has 0 amide bonds. The number of aromatic nitrogens is 2. The van der Waals surface area contributed by atoms with Gasteiger partial charge in [0.05, 0.1) is 37.1 Å². The normalized spacial score (nSPS) is 10.8. The lowest BCUT2D eigenvalue weighted by atomic mass is 10.2. The quantitative estimate of drug-likeness (QED) is 0.754. The Labute approximate surface area is 110 Å². The van der Waals surface area contributed by atoms with E-state index in [1.165, 1.54) is 6.33 Å². The highest BCUT2D eigenvalue weighted by Crippen LogP contribution is 2.15. The Kier molecular flexibility index (Phi) is 4.88. The minimum atomic E-state index is -0.153. The average molecular weight is 264 g/mol. The van der Waals surface area contributed by atoms with E-state index in [1.807, 2.05) is 0 Å². The molecule has 1 N–H and O–H groups in total. The molecule has 0 spiro atoms. The Morgan fingerprint density at radius 1 is 1.21 bits per heavy atom. The first-order chi connectivity index (χ1) is 9.31. The van der Waals surface area contributed by atoms with E-state index in [4.69, 9.17) is 14.2 Å². The van der Waals surface area contributed by atoms with Gasteiger partial charge in [-0.25, -0.2) is 4.98 Å². The zero-order valence-electron chi connectivity index (χ0n) is 10.7. The van der Waals surface area contributed by atoms with Crippen LogP contribution in [-0.2, 0) is 9.47 Å². The maximum absolute atomic E-state index is 11.5. The SMILES string of the molecule is COCCOCCOc1ccc2c(=O)[nH]cnc2c1. The van der Waals surface area contributed by atoms with Crippen LogP contribution in [0.2, 0.25) is 0 Å². The first-order valence-electron chi connectivity index (χ1n) is 5.98. The van der Waals surface area contributed by atoms with Crippen LogP contribution in [0.15, 0.2) is 29.3 Å². The van der Waals surface area contributed by atoms with Crippen molar-refractivity contribution in [2.45, 2.75) is 0 Å². The summed E-state index contributed by atoms with van der Waals surface area (Å²) in [6.45, 7) is 2.06. The lowest BCUT2D eigenvalue weighted by Gasteiger charge is -2.07. The van der Waals surface area contributed by atoms with Gasteiger partial charge in [0.1, 0.15) is 12.4 Å². The van der Waals surface area contributed by atoms with Crippen molar-refractivity contribution in [3.63, 3.8) is 0 Å². The van der Waals surface area contributed by atoms with Crippen LogP contribution in [0.5, 0.6) is 5.75 Å². The van der Waals surface area contributed by atoms with Gasteiger partial charge in [-0.2, -0.15) is 0 Å². The number of methoxy groups -OCH3 is 1. The van der Waals surface area contributed by atoms with Crippen molar-refractivity contribution in [2.24, 2.45) is 0 Å². The van der Waals surface area contributed by atoms with Crippen molar-refractivity contribution in [1.82, 2.24) is 9.97 Å². The van der Waals surface area contributed by atoms with Gasteiger partial charge in [-0.15, -0.1) is 0 Å². The summed E-state index contributed by atoms with van der Waals surface area (Å²) in [5, 5.41) is 0.547. The number of H-pyrrole nitrogens is 1. The molecule has 6 heteroatoms. The van der Waals surface area contributed by atoms with Gasteiger partial charge in [-0.05, 0) is 12.1 Å². The van der Waals surface area contributed by atoms with Gasteiger partial charge >= 0.3 is 0 Å². The Bertz CT molecular complexity index is 582. The van der Waals surface area contributed by atoms with Crippen LogP contribution in [0.3, 0.4) is 0 Å². The van der Waals surface area contributed by atoms with E-state index in [-0.39, 0.29) is 5.56 Å². The molecule has 0 aliphatic rings. The summed E-state index contributed by atoms with van der Waals surface area (Å²) in [5.74, 6) is 0.668. The summed E-state index contributed by atoms with van der Waals surface area (Å²) in [5.41, 5.74) is 0.459. The van der Waals surface area contributed by atoms with Crippen LogP contribution in [-0.4, -0.2) is 43.5 Å². The Hall–Kier alpha value is -1.92. The number of nitrogens with zero attached hydrogens (tertiary/aromatic N) is 1. The molecule has 2 rings (SSSR count). The van der Waals surface area contributed by atoms with Gasteiger partial charge in [-0.1, -0.05) is 0 Å². The smallest absolute Gasteiger partial charge is 0.258 e. The second-order valence-corrected chi connectivity index (χ2v) is 3.86. The monoisotopic (exact) mass is 264 g/mol. The fraction of sp³-hybridized carbons (Fsp3) is 0.385. The molecule has 1 heterocycles. The third kappa shape index (κ3) is 3.77. The molecule has 2 aromatic rings. The number of benzene rings is 1. The van der Waals surface area contributed by atoms with Crippen molar-refractivity contribution in [2.75, 3.05) is 33.5 Å². The van der Waals surface area contributed by atoms with Crippen LogP contribution in [0, 0.1) is 0 Å². The second-order valence-electron chi connectivity index (χ2n) is 3.86. The van der Waals surface area contributed by atoms with E-state index in [2.05, 4.69) is 9.97 Å². The van der Waals surface area contributed by atoms with Crippen LogP contribution < -0.4 is 10.3 Å². The lowest BCUT2D eigenvalue weighted by molar-refractivity contribution is 0.0544. The van der Waals surface area contributed by atoms with Gasteiger partial charge in [-0.3, -0.25) is 4.79 Å². The van der Waals surface area contributed by atoms with Crippen LogP contribution in [0.4, 0.5) is 0 Å². The first kappa shape index (κ1) is 13.5. The summed E-state index contributed by atoms with van der Waals surface area (Å²) < 4.78 is 15.7. The minimum Gasteiger partial charge on any atom is -0.491 e. The standard InChI is InChI=1S/C13H16N2O4/c1-17-4-5-18-6-7-19-10-2-3-11-12(8-10)14-9-15-13(11)16/h2-3,8-9H,4-7H2,1H3,(H,14,15,16). The number of ether oxygens (including phenoxy) is 3. The van der Waals surface area contributed by atoms with Crippen molar-refractivity contribution in [3.05, 3.63) is 34.9 Å². The molecule has 0 saturated heterocycles. The van der Waals surface area contributed by atoms with Gasteiger partial charge in [0.15, 0.2) is 0 Å². The molecule has 0 aliphatic carbocycles. The highest BCUT2D eigenvalue weighted by molar-refractivity contribution is 5.78. The molecule has 102 valence electrons. The van der Waals surface area contributed by atoms with Crippen LogP contribution in [0.1, 0.15) is 0 Å². The predicted octanol–water partition coefficient (Wildman–Crippen LogP) is 0.965. The molecule has 0 fully saturated rings. The molecule has 1 aromatic heterocycles. The molecule has 0 radical (unpaired) electrons. The van der Waals surface area contributed by atoms with E-state index in [9.17, 15) is 4.79 Å². The van der Waals surface area contributed by atoms with Gasteiger partial charge in [0, 0.05) is 13.2 Å². The highest BCUT2D eigenvalue weighted by Gasteiger charge is 2.01. The molecule has 0 bridgehead atoms. The van der Waals surface area contributed by atoms with Crippen molar-refractivity contribution in [3.8, 4) is 5.75 Å². The molecule has 0 saturated carbocycles. The Morgan fingerprint density at radius 3 is 2.89 bits per heavy atom. The number of nitrogens with one attached hydrogen (secondary N) is 1. The van der Waals surface area contributed by atoms with Gasteiger partial charge in [0.2, 0.25) is 0 Å². The van der Waals surface area contributed by atoms with Gasteiger partial charge < -0.3 is 19.2 Å². The topological polar surface area (TPSA) is 73.4 Å². The largest absolute Gasteiger partial charge is 0.491 e. The third-order valence-corrected chi connectivity index (χ3v) is 2.54. The number of hydrogen-bond acceptors (Lipinski definition) is 5. The van der Waals surface area contributed by atoms with Gasteiger partial charge in [0.25, 0.3) is 5.56 Å². The summed E-state index contributed by atoms with van der Waals surface area (Å²) in [4.78, 5) is 18.1. The zero-order valence-corrected chi connectivity index (χ0v) is 10.7. The summed E-state index contributed by atoms with van der Waals surface area (Å²) in [6.07, 6.45) is 1.38.